The molecule has 1 atom stereocenters. The van der Waals surface area contributed by atoms with Crippen molar-refractivity contribution in [3.05, 3.63) is 35.9 Å². The fourth-order valence-corrected chi connectivity index (χ4v) is 3.02. The van der Waals surface area contributed by atoms with E-state index in [-0.39, 0.29) is 0 Å². The number of hydrogen-bond acceptors (Lipinski definition) is 1. The van der Waals surface area contributed by atoms with Crippen molar-refractivity contribution in [1.29, 1.82) is 0 Å². The van der Waals surface area contributed by atoms with Gasteiger partial charge in [-0.3, -0.25) is 0 Å². The van der Waals surface area contributed by atoms with Crippen molar-refractivity contribution in [2.75, 3.05) is 7.05 Å². The summed E-state index contributed by atoms with van der Waals surface area (Å²) in [5.74, 6) is 0. The molecule has 2 rings (SSSR count). The molecule has 0 aliphatic heterocycles. The Morgan fingerprint density at radius 3 is 2.22 bits per heavy atom. The van der Waals surface area contributed by atoms with Crippen LogP contribution in [-0.2, 0) is 5.41 Å². The normalized spacial score (nSPS) is 19.6. The summed E-state index contributed by atoms with van der Waals surface area (Å²) in [6, 6.07) is 11.7. The van der Waals surface area contributed by atoms with Crippen LogP contribution < -0.4 is 5.32 Å². The Kier molecular flexibility index (Phi) is 3.82. The average Bonchev–Trinajstić information content (AvgIpc) is 3.11. The second-order valence-corrected chi connectivity index (χ2v) is 6.96. The molecule has 100 valence electrons. The maximum atomic E-state index is 3.58. The maximum absolute atomic E-state index is 3.58. The van der Waals surface area contributed by atoms with E-state index in [1.54, 1.807) is 0 Å². The molecule has 1 nitrogen and oxygen atoms in total. The Morgan fingerprint density at radius 2 is 1.78 bits per heavy atom. The molecule has 1 heteroatoms. The van der Waals surface area contributed by atoms with Gasteiger partial charge in [-0.2, -0.15) is 0 Å². The SMILES string of the molecule is CNC(CCC(C)(C)C)C1(c2ccccc2)CC1. The summed E-state index contributed by atoms with van der Waals surface area (Å²) in [4.78, 5) is 0. The summed E-state index contributed by atoms with van der Waals surface area (Å²) in [6.07, 6.45) is 5.24. The molecule has 1 aromatic rings. The van der Waals surface area contributed by atoms with Gasteiger partial charge >= 0.3 is 0 Å². The molecular weight excluding hydrogens is 218 g/mol. The van der Waals surface area contributed by atoms with Gasteiger partial charge in [0.15, 0.2) is 0 Å². The molecule has 18 heavy (non-hydrogen) atoms. The second-order valence-electron chi connectivity index (χ2n) is 6.96. The van der Waals surface area contributed by atoms with Gasteiger partial charge in [0.25, 0.3) is 0 Å². The maximum Gasteiger partial charge on any atom is 0.0161 e. The van der Waals surface area contributed by atoms with Gasteiger partial charge in [0.1, 0.15) is 0 Å². The van der Waals surface area contributed by atoms with Crippen molar-refractivity contribution in [2.45, 2.75) is 57.9 Å². The Morgan fingerprint density at radius 1 is 1.17 bits per heavy atom. The van der Waals surface area contributed by atoms with Gasteiger partial charge in [-0.05, 0) is 43.7 Å². The van der Waals surface area contributed by atoms with Crippen LogP contribution in [0.25, 0.3) is 0 Å². The third-order valence-corrected chi connectivity index (χ3v) is 4.34. The molecule has 0 aromatic heterocycles. The molecule has 1 unspecified atom stereocenters. The van der Waals surface area contributed by atoms with Gasteiger partial charge in [0.05, 0.1) is 0 Å². The van der Waals surface area contributed by atoms with Gasteiger partial charge in [-0.15, -0.1) is 0 Å². The minimum Gasteiger partial charge on any atom is -0.316 e. The monoisotopic (exact) mass is 245 g/mol. The summed E-state index contributed by atoms with van der Waals surface area (Å²) in [6.45, 7) is 7.01. The first kappa shape index (κ1) is 13.6. The predicted molar refractivity (Wildman–Crippen MR) is 78.9 cm³/mol. The van der Waals surface area contributed by atoms with E-state index in [2.05, 4.69) is 63.5 Å². The lowest BCUT2D eigenvalue weighted by Gasteiger charge is -2.30. The van der Waals surface area contributed by atoms with Crippen LogP contribution in [0, 0.1) is 5.41 Å². The van der Waals surface area contributed by atoms with E-state index in [4.69, 9.17) is 0 Å². The highest BCUT2D eigenvalue weighted by atomic mass is 14.9. The van der Waals surface area contributed by atoms with Crippen LogP contribution in [0.5, 0.6) is 0 Å². The quantitative estimate of drug-likeness (QED) is 0.822. The molecule has 1 N–H and O–H groups in total. The average molecular weight is 245 g/mol. The lowest BCUT2D eigenvalue weighted by Crippen LogP contribution is -2.38. The molecule has 1 fully saturated rings. The fourth-order valence-electron chi connectivity index (χ4n) is 3.02. The molecule has 0 radical (unpaired) electrons. The topological polar surface area (TPSA) is 12.0 Å². The van der Waals surface area contributed by atoms with Gasteiger partial charge < -0.3 is 5.32 Å². The van der Waals surface area contributed by atoms with E-state index in [0.29, 0.717) is 16.9 Å². The number of benzene rings is 1. The van der Waals surface area contributed by atoms with Crippen molar-refractivity contribution in [1.82, 2.24) is 5.32 Å². The summed E-state index contributed by atoms with van der Waals surface area (Å²) in [7, 11) is 2.12. The highest BCUT2D eigenvalue weighted by Gasteiger charge is 2.49. The molecule has 0 amide bonds. The number of likely N-dealkylation sites (N-methyl/N-ethyl adjacent to an activating group) is 1. The lowest BCUT2D eigenvalue weighted by atomic mass is 9.81. The van der Waals surface area contributed by atoms with Gasteiger partial charge in [0, 0.05) is 11.5 Å². The van der Waals surface area contributed by atoms with Crippen molar-refractivity contribution in [3.63, 3.8) is 0 Å². The van der Waals surface area contributed by atoms with E-state index >= 15 is 0 Å². The van der Waals surface area contributed by atoms with E-state index in [0.717, 1.165) is 0 Å². The molecule has 0 bridgehead atoms. The molecule has 0 saturated heterocycles. The molecule has 0 spiro atoms. The van der Waals surface area contributed by atoms with E-state index < -0.39 is 0 Å². The number of hydrogen-bond donors (Lipinski definition) is 1. The van der Waals surface area contributed by atoms with Crippen molar-refractivity contribution >= 4 is 0 Å². The zero-order valence-corrected chi connectivity index (χ0v) is 12.3. The fraction of sp³-hybridized carbons (Fsp3) is 0.647. The van der Waals surface area contributed by atoms with Crippen LogP contribution in [0.4, 0.5) is 0 Å². The molecule has 0 heterocycles. The van der Waals surface area contributed by atoms with E-state index in [9.17, 15) is 0 Å². The smallest absolute Gasteiger partial charge is 0.0161 e. The Balaban J connectivity index is 2.08. The number of rotatable bonds is 5. The zero-order valence-electron chi connectivity index (χ0n) is 12.3. The van der Waals surface area contributed by atoms with Gasteiger partial charge in [-0.1, -0.05) is 51.1 Å². The Hall–Kier alpha value is -0.820. The third-order valence-electron chi connectivity index (χ3n) is 4.34. The highest BCUT2D eigenvalue weighted by Crippen LogP contribution is 2.52. The van der Waals surface area contributed by atoms with Crippen LogP contribution in [0.3, 0.4) is 0 Å². The van der Waals surface area contributed by atoms with Crippen LogP contribution in [-0.4, -0.2) is 13.1 Å². The van der Waals surface area contributed by atoms with Crippen LogP contribution in [0.1, 0.15) is 52.0 Å². The second kappa shape index (κ2) is 5.05. The molecule has 1 aromatic carbocycles. The van der Waals surface area contributed by atoms with Crippen LogP contribution in [0.15, 0.2) is 30.3 Å². The first-order valence-electron chi connectivity index (χ1n) is 7.21. The summed E-state index contributed by atoms with van der Waals surface area (Å²) < 4.78 is 0. The Labute approximate surface area is 112 Å². The molecule has 1 saturated carbocycles. The zero-order chi connectivity index (χ0) is 13.2. The summed E-state index contributed by atoms with van der Waals surface area (Å²) in [5, 5.41) is 3.58. The molecular formula is C17H27N. The van der Waals surface area contributed by atoms with Crippen molar-refractivity contribution in [3.8, 4) is 0 Å². The largest absolute Gasteiger partial charge is 0.316 e. The van der Waals surface area contributed by atoms with Crippen molar-refractivity contribution in [2.24, 2.45) is 5.41 Å². The first-order chi connectivity index (χ1) is 8.48. The minimum atomic E-state index is 0.418. The van der Waals surface area contributed by atoms with Gasteiger partial charge in [0.2, 0.25) is 0 Å². The standard InChI is InChI=1S/C17H27N/c1-16(2,3)11-10-15(18-4)17(12-13-17)14-8-6-5-7-9-14/h5-9,15,18H,10-13H2,1-4H3. The van der Waals surface area contributed by atoms with Crippen LogP contribution >= 0.6 is 0 Å². The highest BCUT2D eigenvalue weighted by molar-refractivity contribution is 5.33. The summed E-state index contributed by atoms with van der Waals surface area (Å²) in [5.41, 5.74) is 2.38. The number of nitrogens with one attached hydrogen (secondary N) is 1. The van der Waals surface area contributed by atoms with Gasteiger partial charge in [-0.25, -0.2) is 0 Å². The van der Waals surface area contributed by atoms with E-state index in [1.165, 1.54) is 31.2 Å². The van der Waals surface area contributed by atoms with Crippen LogP contribution in [0.2, 0.25) is 0 Å². The predicted octanol–water partition coefficient (Wildman–Crippen LogP) is 4.13. The Bertz CT molecular complexity index is 370. The third kappa shape index (κ3) is 2.95. The minimum absolute atomic E-state index is 0.418. The van der Waals surface area contributed by atoms with E-state index in [1.807, 2.05) is 0 Å². The first-order valence-corrected chi connectivity index (χ1v) is 7.21. The van der Waals surface area contributed by atoms with Crippen molar-refractivity contribution < 1.29 is 0 Å². The molecule has 1 aliphatic rings. The summed E-state index contributed by atoms with van der Waals surface area (Å²) >= 11 is 0. The molecule has 1 aliphatic carbocycles. The lowest BCUT2D eigenvalue weighted by molar-refractivity contribution is 0.310.